The van der Waals surface area contributed by atoms with Crippen molar-refractivity contribution in [1.29, 1.82) is 0 Å². The van der Waals surface area contributed by atoms with Crippen LogP contribution in [0.15, 0.2) is 39.9 Å². The number of carbonyl (C=O) groups is 2. The predicted octanol–water partition coefficient (Wildman–Crippen LogP) is 1.47. The van der Waals surface area contributed by atoms with E-state index in [0.717, 1.165) is 23.0 Å². The van der Waals surface area contributed by atoms with E-state index < -0.39 is 17.0 Å². The molecule has 0 radical (unpaired) electrons. The lowest BCUT2D eigenvalue weighted by atomic mass is 9.86. The van der Waals surface area contributed by atoms with Gasteiger partial charge in [-0.3, -0.25) is 28.4 Å². The van der Waals surface area contributed by atoms with Crippen LogP contribution in [0.5, 0.6) is 0 Å². The van der Waals surface area contributed by atoms with E-state index in [1.54, 1.807) is 0 Å². The van der Waals surface area contributed by atoms with Crippen molar-refractivity contribution >= 4 is 17.5 Å². The monoisotopic (exact) mass is 481 g/mol. The zero-order valence-corrected chi connectivity index (χ0v) is 20.4. The number of rotatable bonds is 7. The Bertz CT molecular complexity index is 1170. The summed E-state index contributed by atoms with van der Waals surface area (Å²) in [7, 11) is 1.36. The molecule has 1 amide bonds. The normalized spacial score (nSPS) is 17.5. The van der Waals surface area contributed by atoms with Gasteiger partial charge < -0.3 is 10.6 Å². The van der Waals surface area contributed by atoms with Gasteiger partial charge in [-0.25, -0.2) is 4.79 Å². The lowest BCUT2D eigenvalue weighted by Gasteiger charge is -2.35. The lowest BCUT2D eigenvalue weighted by Crippen LogP contribution is -2.51. The molecule has 1 saturated carbocycles. The van der Waals surface area contributed by atoms with Gasteiger partial charge in [0.15, 0.2) is 5.78 Å². The second kappa shape index (κ2) is 11.0. The molecule has 0 spiro atoms. The molecular weight excluding hydrogens is 446 g/mol. The fourth-order valence-electron chi connectivity index (χ4n) is 5.17. The zero-order chi connectivity index (χ0) is 24.9. The molecule has 1 aliphatic carbocycles. The highest BCUT2D eigenvalue weighted by Crippen LogP contribution is 2.27. The Morgan fingerprint density at radius 1 is 0.971 bits per heavy atom. The van der Waals surface area contributed by atoms with Gasteiger partial charge in [-0.1, -0.05) is 49.6 Å². The Balaban J connectivity index is 1.41. The molecule has 2 fully saturated rings. The molecule has 0 atom stereocenters. The van der Waals surface area contributed by atoms with Crippen LogP contribution in [0.1, 0.15) is 54.4 Å². The van der Waals surface area contributed by atoms with E-state index in [1.807, 2.05) is 40.1 Å². The number of hydrogen-bond acceptors (Lipinski definition) is 6. The van der Waals surface area contributed by atoms with Gasteiger partial charge in [-0.2, -0.15) is 0 Å². The molecule has 188 valence electrons. The molecule has 35 heavy (non-hydrogen) atoms. The minimum absolute atomic E-state index is 0.0215. The molecule has 4 rings (SSSR count). The second-order valence-electron chi connectivity index (χ2n) is 9.77. The van der Waals surface area contributed by atoms with Crippen LogP contribution in [-0.4, -0.2) is 63.3 Å². The van der Waals surface area contributed by atoms with Gasteiger partial charge in [0.1, 0.15) is 11.4 Å². The number of nitrogen functional groups attached to an aromatic ring is 1. The van der Waals surface area contributed by atoms with E-state index >= 15 is 0 Å². The van der Waals surface area contributed by atoms with Gasteiger partial charge in [-0.05, 0) is 24.3 Å². The Morgan fingerprint density at radius 2 is 1.63 bits per heavy atom. The van der Waals surface area contributed by atoms with E-state index in [4.69, 9.17) is 5.73 Å². The maximum absolute atomic E-state index is 13.2. The highest BCUT2D eigenvalue weighted by atomic mass is 16.2. The average molecular weight is 482 g/mol. The maximum Gasteiger partial charge on any atom is 0.332 e. The number of Topliss-reactive ketones (excluding diaryl/α,β-unsaturated/α-hetero) is 1. The highest BCUT2D eigenvalue weighted by molar-refractivity contribution is 6.01. The number of amides is 1. The summed E-state index contributed by atoms with van der Waals surface area (Å²) in [6.45, 7) is 2.45. The van der Waals surface area contributed by atoms with Crippen LogP contribution in [0.25, 0.3) is 0 Å². The molecule has 2 aliphatic rings. The number of nitrogens with zero attached hydrogens (tertiary/aromatic N) is 4. The molecule has 2 heterocycles. The standard InChI is InChI=1S/C26H35N5O4/c1-28-25(34)23(24(27)31(26(28)35)17-20-10-6-3-7-11-20)21(32)18-29-12-14-30(15-13-29)22(33)16-19-8-4-2-5-9-19/h3,6-7,10-11,19H,2,4-5,8-9,12-18,27H2,1H3. The van der Waals surface area contributed by atoms with Crippen LogP contribution in [0.3, 0.4) is 0 Å². The van der Waals surface area contributed by atoms with Crippen molar-refractivity contribution in [2.75, 3.05) is 38.5 Å². The Morgan fingerprint density at radius 3 is 2.29 bits per heavy atom. The average Bonchev–Trinajstić information content (AvgIpc) is 2.87. The molecule has 9 nitrogen and oxygen atoms in total. The van der Waals surface area contributed by atoms with E-state index in [0.29, 0.717) is 38.5 Å². The number of benzene rings is 1. The Kier molecular flexibility index (Phi) is 7.85. The van der Waals surface area contributed by atoms with E-state index in [9.17, 15) is 19.2 Å². The topological polar surface area (TPSA) is 111 Å². The van der Waals surface area contributed by atoms with Crippen LogP contribution in [-0.2, 0) is 18.4 Å². The summed E-state index contributed by atoms with van der Waals surface area (Å²) in [6.07, 6.45) is 6.61. The first-order valence-corrected chi connectivity index (χ1v) is 12.5. The summed E-state index contributed by atoms with van der Waals surface area (Å²) in [6, 6.07) is 9.28. The van der Waals surface area contributed by atoms with E-state index in [-0.39, 0.29) is 30.4 Å². The number of aromatic nitrogens is 2. The van der Waals surface area contributed by atoms with Crippen molar-refractivity contribution in [2.45, 2.75) is 45.1 Å². The molecule has 9 heteroatoms. The number of anilines is 1. The fourth-order valence-corrected chi connectivity index (χ4v) is 5.17. The van der Waals surface area contributed by atoms with Crippen LogP contribution in [0, 0.1) is 5.92 Å². The van der Waals surface area contributed by atoms with Crippen molar-refractivity contribution in [3.8, 4) is 0 Å². The quantitative estimate of drug-likeness (QED) is 0.600. The molecule has 0 bridgehead atoms. The molecule has 1 aliphatic heterocycles. The first kappa shape index (κ1) is 24.9. The van der Waals surface area contributed by atoms with E-state index in [2.05, 4.69) is 0 Å². The zero-order valence-electron chi connectivity index (χ0n) is 20.4. The van der Waals surface area contributed by atoms with Crippen LogP contribution in [0.4, 0.5) is 5.82 Å². The molecular formula is C26H35N5O4. The van der Waals surface area contributed by atoms with Gasteiger partial charge in [0.25, 0.3) is 5.56 Å². The third-order valence-electron chi connectivity index (χ3n) is 7.33. The van der Waals surface area contributed by atoms with Crippen molar-refractivity contribution in [2.24, 2.45) is 13.0 Å². The van der Waals surface area contributed by atoms with E-state index in [1.165, 1.54) is 30.9 Å². The minimum atomic E-state index is -0.678. The minimum Gasteiger partial charge on any atom is -0.384 e. The third-order valence-corrected chi connectivity index (χ3v) is 7.33. The van der Waals surface area contributed by atoms with Crippen LogP contribution < -0.4 is 17.0 Å². The molecule has 1 aromatic heterocycles. The molecule has 2 N–H and O–H groups in total. The fraction of sp³-hybridized carbons (Fsp3) is 0.538. The summed E-state index contributed by atoms with van der Waals surface area (Å²) in [5.74, 6) is 0.190. The van der Waals surface area contributed by atoms with Crippen molar-refractivity contribution in [1.82, 2.24) is 18.9 Å². The summed E-state index contributed by atoms with van der Waals surface area (Å²) in [4.78, 5) is 55.2. The maximum atomic E-state index is 13.2. The first-order chi connectivity index (χ1) is 16.8. The van der Waals surface area contributed by atoms with Crippen molar-refractivity contribution in [3.63, 3.8) is 0 Å². The van der Waals surface area contributed by atoms with Crippen molar-refractivity contribution < 1.29 is 9.59 Å². The van der Waals surface area contributed by atoms with Crippen molar-refractivity contribution in [3.05, 3.63) is 62.3 Å². The molecule has 0 unspecified atom stereocenters. The highest BCUT2D eigenvalue weighted by Gasteiger charge is 2.28. The molecule has 1 saturated heterocycles. The summed E-state index contributed by atoms with van der Waals surface area (Å²) in [5, 5.41) is 0. The first-order valence-electron chi connectivity index (χ1n) is 12.5. The number of carbonyl (C=O) groups excluding carboxylic acids is 2. The van der Waals surface area contributed by atoms with Crippen LogP contribution in [0.2, 0.25) is 0 Å². The summed E-state index contributed by atoms with van der Waals surface area (Å²) in [5.41, 5.74) is 5.67. The number of ketones is 1. The number of hydrogen-bond donors (Lipinski definition) is 1. The Hall–Kier alpha value is -3.20. The number of piperazine rings is 1. The van der Waals surface area contributed by atoms with Crippen LogP contribution >= 0.6 is 0 Å². The molecule has 2 aromatic rings. The third kappa shape index (κ3) is 5.73. The van der Waals surface area contributed by atoms with Gasteiger partial charge in [0.2, 0.25) is 5.91 Å². The lowest BCUT2D eigenvalue weighted by molar-refractivity contribution is -0.134. The largest absolute Gasteiger partial charge is 0.384 e. The van der Waals surface area contributed by atoms with Gasteiger partial charge in [-0.15, -0.1) is 0 Å². The second-order valence-corrected chi connectivity index (χ2v) is 9.77. The Labute approximate surface area is 205 Å². The van der Waals surface area contributed by atoms with Gasteiger partial charge >= 0.3 is 5.69 Å². The molecule has 1 aromatic carbocycles. The predicted molar refractivity (Wildman–Crippen MR) is 134 cm³/mol. The SMILES string of the molecule is Cn1c(=O)c(C(=O)CN2CCN(C(=O)CC3CCCCC3)CC2)c(N)n(Cc2ccccc2)c1=O. The van der Waals surface area contributed by atoms with Gasteiger partial charge in [0.05, 0.1) is 13.1 Å². The number of nitrogens with two attached hydrogens (primary N) is 1. The smallest absolute Gasteiger partial charge is 0.332 e. The van der Waals surface area contributed by atoms with Gasteiger partial charge in [0, 0.05) is 39.6 Å². The summed E-state index contributed by atoms with van der Waals surface area (Å²) < 4.78 is 2.21. The summed E-state index contributed by atoms with van der Waals surface area (Å²) >= 11 is 0.